The fourth-order valence-corrected chi connectivity index (χ4v) is 3.31. The molecule has 8 heteroatoms. The van der Waals surface area contributed by atoms with Crippen molar-refractivity contribution in [1.82, 2.24) is 19.7 Å². The van der Waals surface area contributed by atoms with Crippen LogP contribution in [0.5, 0.6) is 0 Å². The maximum absolute atomic E-state index is 13.4. The summed E-state index contributed by atoms with van der Waals surface area (Å²) in [5.74, 6) is 0.133. The third-order valence-electron chi connectivity index (χ3n) is 4.69. The molecule has 0 saturated carbocycles. The number of carbonyl (C=O) groups excluding carboxylic acids is 1. The van der Waals surface area contributed by atoms with Gasteiger partial charge in [-0.3, -0.25) is 9.36 Å². The molecule has 4 rings (SSSR count). The third kappa shape index (κ3) is 3.52. The number of carbonyl (C=O) groups is 1. The summed E-state index contributed by atoms with van der Waals surface area (Å²) in [5.41, 5.74) is 8.96. The number of amides is 1. The molecule has 0 spiro atoms. The number of nitrogens with one attached hydrogen (secondary N) is 1. The Labute approximate surface area is 166 Å². The van der Waals surface area contributed by atoms with Crippen LogP contribution in [0.25, 0.3) is 16.9 Å². The minimum Gasteiger partial charge on any atom is -0.366 e. The molecule has 2 aromatic carbocycles. The van der Waals surface area contributed by atoms with Crippen LogP contribution in [0.1, 0.15) is 27.3 Å². The molecule has 0 unspecified atom stereocenters. The van der Waals surface area contributed by atoms with Gasteiger partial charge in [0, 0.05) is 23.2 Å². The van der Waals surface area contributed by atoms with Gasteiger partial charge in [0.2, 0.25) is 5.91 Å². The van der Waals surface area contributed by atoms with Crippen LogP contribution in [0.3, 0.4) is 0 Å². The van der Waals surface area contributed by atoms with Gasteiger partial charge in [0.25, 0.3) is 5.95 Å². The van der Waals surface area contributed by atoms with Gasteiger partial charge in [-0.1, -0.05) is 18.2 Å². The number of benzene rings is 2. The van der Waals surface area contributed by atoms with E-state index in [1.165, 1.54) is 12.1 Å². The Morgan fingerprint density at radius 2 is 1.93 bits per heavy atom. The lowest BCUT2D eigenvalue weighted by Crippen LogP contribution is -2.12. The molecule has 0 aliphatic rings. The van der Waals surface area contributed by atoms with E-state index < -0.39 is 5.91 Å². The summed E-state index contributed by atoms with van der Waals surface area (Å²) >= 11 is 0. The molecule has 3 N–H and O–H groups in total. The van der Waals surface area contributed by atoms with Gasteiger partial charge in [-0.05, 0) is 49.7 Å². The zero-order chi connectivity index (χ0) is 20.5. The Morgan fingerprint density at radius 1 is 1.14 bits per heavy atom. The topological polar surface area (TPSA) is 98.7 Å². The first-order valence-corrected chi connectivity index (χ1v) is 9.05. The van der Waals surface area contributed by atoms with Crippen LogP contribution < -0.4 is 11.1 Å². The summed E-state index contributed by atoms with van der Waals surface area (Å²) in [4.78, 5) is 16.4. The highest BCUT2D eigenvalue weighted by Crippen LogP contribution is 2.26. The van der Waals surface area contributed by atoms with E-state index in [4.69, 9.17) is 5.73 Å². The van der Waals surface area contributed by atoms with Gasteiger partial charge in [-0.25, -0.2) is 4.39 Å². The molecule has 0 atom stereocenters. The van der Waals surface area contributed by atoms with Gasteiger partial charge >= 0.3 is 0 Å². The fraction of sp³-hybridized carbons (Fsp3) is 0.143. The average Bonchev–Trinajstić information content (AvgIpc) is 3.03. The molecule has 2 aromatic heterocycles. The van der Waals surface area contributed by atoms with Crippen molar-refractivity contribution in [3.63, 3.8) is 0 Å². The van der Waals surface area contributed by atoms with Gasteiger partial charge in [-0.2, -0.15) is 4.98 Å². The minimum absolute atomic E-state index is 0.290. The van der Waals surface area contributed by atoms with E-state index >= 15 is 0 Å². The van der Waals surface area contributed by atoms with Crippen LogP contribution >= 0.6 is 0 Å². The van der Waals surface area contributed by atoms with E-state index in [9.17, 15) is 9.18 Å². The molecule has 0 bridgehead atoms. The first-order chi connectivity index (χ1) is 13.9. The van der Waals surface area contributed by atoms with Crippen LogP contribution in [0, 0.1) is 19.7 Å². The van der Waals surface area contributed by atoms with E-state index in [1.807, 2.05) is 29.7 Å². The molecule has 7 nitrogen and oxygen atoms in total. The van der Waals surface area contributed by atoms with E-state index in [-0.39, 0.29) is 5.82 Å². The lowest BCUT2D eigenvalue weighted by molar-refractivity contribution is 0.100. The molecular weight excluding hydrogens is 371 g/mol. The van der Waals surface area contributed by atoms with E-state index in [0.29, 0.717) is 29.6 Å². The molecule has 0 fully saturated rings. The fourth-order valence-electron chi connectivity index (χ4n) is 3.31. The first-order valence-electron chi connectivity index (χ1n) is 9.05. The van der Waals surface area contributed by atoms with Crippen molar-refractivity contribution in [2.75, 3.05) is 5.32 Å². The normalized spacial score (nSPS) is 11.0. The first kappa shape index (κ1) is 18.5. The monoisotopic (exact) mass is 390 g/mol. The number of nitrogens with zero attached hydrogens (tertiary/aromatic N) is 4. The number of aromatic nitrogens is 4. The van der Waals surface area contributed by atoms with Crippen molar-refractivity contribution in [1.29, 1.82) is 0 Å². The highest BCUT2D eigenvalue weighted by Gasteiger charge is 2.16. The van der Waals surface area contributed by atoms with Crippen LogP contribution in [-0.4, -0.2) is 25.7 Å². The Balaban J connectivity index is 1.73. The molecule has 0 saturated heterocycles. The second kappa shape index (κ2) is 7.31. The van der Waals surface area contributed by atoms with E-state index in [0.717, 1.165) is 22.2 Å². The highest BCUT2D eigenvalue weighted by atomic mass is 19.1. The van der Waals surface area contributed by atoms with Gasteiger partial charge < -0.3 is 11.1 Å². The molecule has 0 aliphatic heterocycles. The number of fused-ring (bicyclic) bond motifs is 1. The number of primary amides is 1. The Morgan fingerprint density at radius 3 is 2.69 bits per heavy atom. The minimum atomic E-state index is -0.492. The summed E-state index contributed by atoms with van der Waals surface area (Å²) in [5, 5.41) is 12.4. The van der Waals surface area contributed by atoms with Gasteiger partial charge in [0.1, 0.15) is 11.5 Å². The molecule has 1 amide bonds. The van der Waals surface area contributed by atoms with Crippen LogP contribution in [0.15, 0.2) is 48.5 Å². The lowest BCUT2D eigenvalue weighted by Gasteiger charge is -2.11. The summed E-state index contributed by atoms with van der Waals surface area (Å²) in [6, 6.07) is 13.6. The van der Waals surface area contributed by atoms with Gasteiger partial charge in [-0.15, -0.1) is 10.2 Å². The van der Waals surface area contributed by atoms with Crippen molar-refractivity contribution < 1.29 is 9.18 Å². The summed E-state index contributed by atoms with van der Waals surface area (Å²) < 4.78 is 15.2. The lowest BCUT2D eigenvalue weighted by atomic mass is 10.1. The zero-order valence-corrected chi connectivity index (χ0v) is 16.0. The number of hydrogen-bond acceptors (Lipinski definition) is 5. The summed E-state index contributed by atoms with van der Waals surface area (Å²) in [6.07, 6.45) is 0. The SMILES string of the molecule is Cc1nnc(-n2c(C)cc3c(C(N)=O)cccc32)nc1NCc1cccc(F)c1. The predicted octanol–water partition coefficient (Wildman–Crippen LogP) is 3.28. The standard InChI is InChI=1S/C21H19FN6O/c1-12-9-17-16(19(23)29)7-4-8-18(17)28(12)21-25-20(13(2)26-27-21)24-11-14-5-3-6-15(22)10-14/h3-10H,11H2,1-2H3,(H2,23,29)(H,24,25,27). The smallest absolute Gasteiger partial charge is 0.256 e. The molecule has 0 aliphatic carbocycles. The van der Waals surface area contributed by atoms with Crippen molar-refractivity contribution in [3.05, 3.63) is 76.9 Å². The number of hydrogen-bond donors (Lipinski definition) is 2. The molecular formula is C21H19FN6O. The molecule has 4 aromatic rings. The number of aryl methyl sites for hydroxylation is 2. The average molecular weight is 390 g/mol. The summed E-state index contributed by atoms with van der Waals surface area (Å²) in [6.45, 7) is 4.09. The molecule has 29 heavy (non-hydrogen) atoms. The maximum Gasteiger partial charge on any atom is 0.256 e. The Bertz CT molecular complexity index is 1230. The molecule has 146 valence electrons. The van der Waals surface area contributed by atoms with Crippen molar-refractivity contribution in [2.24, 2.45) is 5.73 Å². The summed E-state index contributed by atoms with van der Waals surface area (Å²) in [7, 11) is 0. The second-order valence-electron chi connectivity index (χ2n) is 6.75. The molecule has 2 heterocycles. The quantitative estimate of drug-likeness (QED) is 0.545. The van der Waals surface area contributed by atoms with Crippen LogP contribution in [-0.2, 0) is 6.54 Å². The number of anilines is 1. The zero-order valence-electron chi connectivity index (χ0n) is 16.0. The predicted molar refractivity (Wildman–Crippen MR) is 108 cm³/mol. The Kier molecular flexibility index (Phi) is 4.67. The second-order valence-corrected chi connectivity index (χ2v) is 6.75. The van der Waals surface area contributed by atoms with E-state index in [1.54, 1.807) is 25.1 Å². The Hall–Kier alpha value is -3.81. The maximum atomic E-state index is 13.4. The van der Waals surface area contributed by atoms with Gasteiger partial charge in [0.05, 0.1) is 5.52 Å². The third-order valence-corrected chi connectivity index (χ3v) is 4.69. The largest absolute Gasteiger partial charge is 0.366 e. The van der Waals surface area contributed by atoms with Crippen molar-refractivity contribution in [3.8, 4) is 5.95 Å². The van der Waals surface area contributed by atoms with Gasteiger partial charge in [0.15, 0.2) is 5.82 Å². The number of nitrogens with two attached hydrogens (primary N) is 1. The highest BCUT2D eigenvalue weighted by molar-refractivity contribution is 6.06. The van der Waals surface area contributed by atoms with Crippen LogP contribution in [0.2, 0.25) is 0 Å². The number of halogens is 1. The van der Waals surface area contributed by atoms with E-state index in [2.05, 4.69) is 20.5 Å². The number of rotatable bonds is 5. The van der Waals surface area contributed by atoms with Crippen LogP contribution in [0.4, 0.5) is 10.2 Å². The van der Waals surface area contributed by atoms with Crippen molar-refractivity contribution in [2.45, 2.75) is 20.4 Å². The molecule has 0 radical (unpaired) electrons. The van der Waals surface area contributed by atoms with Crippen molar-refractivity contribution >= 4 is 22.6 Å².